The second kappa shape index (κ2) is 6.38. The van der Waals surface area contributed by atoms with E-state index in [9.17, 15) is 4.79 Å². The molecular formula is C23H26N4O. The first-order chi connectivity index (χ1) is 13.8. The Hall–Kier alpha value is -2.27. The third kappa shape index (κ3) is 2.60. The molecule has 7 rings (SSSR count). The van der Waals surface area contributed by atoms with Crippen LogP contribution < -0.4 is 0 Å². The van der Waals surface area contributed by atoms with Gasteiger partial charge in [0.1, 0.15) is 5.82 Å². The van der Waals surface area contributed by atoms with Crippen LogP contribution >= 0.6 is 0 Å². The van der Waals surface area contributed by atoms with Crippen LogP contribution in [-0.2, 0) is 0 Å². The highest BCUT2D eigenvalue weighted by molar-refractivity contribution is 5.94. The predicted molar refractivity (Wildman–Crippen MR) is 106 cm³/mol. The molecule has 0 spiro atoms. The van der Waals surface area contributed by atoms with Crippen LogP contribution in [0.15, 0.2) is 42.7 Å². The van der Waals surface area contributed by atoms with Gasteiger partial charge in [-0.15, -0.1) is 0 Å². The van der Waals surface area contributed by atoms with E-state index in [4.69, 9.17) is 0 Å². The molecule has 0 unspecified atom stereocenters. The van der Waals surface area contributed by atoms with E-state index in [1.54, 1.807) is 12.4 Å². The average molecular weight is 374 g/mol. The van der Waals surface area contributed by atoms with E-state index in [-0.39, 0.29) is 5.91 Å². The molecule has 144 valence electrons. The van der Waals surface area contributed by atoms with E-state index in [0.29, 0.717) is 35.4 Å². The summed E-state index contributed by atoms with van der Waals surface area (Å²) in [7, 11) is 0. The zero-order valence-electron chi connectivity index (χ0n) is 16.1. The minimum atomic E-state index is 0.115. The van der Waals surface area contributed by atoms with E-state index in [1.165, 1.54) is 44.3 Å². The van der Waals surface area contributed by atoms with Crippen molar-refractivity contribution in [1.82, 2.24) is 19.8 Å². The van der Waals surface area contributed by atoms with Crippen molar-refractivity contribution >= 4 is 5.91 Å². The van der Waals surface area contributed by atoms with Crippen molar-refractivity contribution in [3.8, 4) is 0 Å². The summed E-state index contributed by atoms with van der Waals surface area (Å²) in [6, 6.07) is 11.5. The van der Waals surface area contributed by atoms with Crippen LogP contribution in [0.4, 0.5) is 0 Å². The van der Waals surface area contributed by atoms with Gasteiger partial charge in [-0.3, -0.25) is 9.69 Å². The van der Waals surface area contributed by atoms with Crippen LogP contribution in [0.1, 0.15) is 59.3 Å². The van der Waals surface area contributed by atoms with Crippen LogP contribution in [0.3, 0.4) is 0 Å². The van der Waals surface area contributed by atoms with Crippen molar-refractivity contribution in [3.63, 3.8) is 0 Å². The molecule has 3 atom stereocenters. The quantitative estimate of drug-likeness (QED) is 0.829. The number of hydrogen-bond donors (Lipinski definition) is 0. The molecule has 1 aromatic heterocycles. The first-order valence-corrected chi connectivity index (χ1v) is 10.7. The maximum Gasteiger partial charge on any atom is 0.257 e. The fourth-order valence-corrected chi connectivity index (χ4v) is 5.81. The number of benzene rings is 1. The molecule has 5 nitrogen and oxygen atoms in total. The number of hydrogen-bond acceptors (Lipinski definition) is 4. The highest BCUT2D eigenvalue weighted by Crippen LogP contribution is 2.47. The largest absolute Gasteiger partial charge is 0.333 e. The summed E-state index contributed by atoms with van der Waals surface area (Å²) in [5.74, 6) is 2.55. The van der Waals surface area contributed by atoms with Gasteiger partial charge in [-0.25, -0.2) is 9.97 Å². The fraction of sp³-hybridized carbons (Fsp3) is 0.522. The number of likely N-dealkylation sites (tertiary alicyclic amines) is 1. The van der Waals surface area contributed by atoms with Gasteiger partial charge in [0, 0.05) is 36.8 Å². The number of fused-ring (bicyclic) bond motifs is 2. The van der Waals surface area contributed by atoms with E-state index < -0.39 is 0 Å². The molecule has 0 N–H and O–H groups in total. The standard InChI is InChI=1S/C23H26N4O/c28-23(18-12-24-22(25-13-18)17-6-7-17)27-14-19(15-4-2-1-3-5-15)21-20(27)16-8-10-26(21)11-9-16/h1-5,12-13,16-17,19-21H,6-11,14H2/t19-,20-,21-/m1/s1. The molecule has 5 heterocycles. The van der Waals surface area contributed by atoms with Gasteiger partial charge in [-0.05, 0) is 50.3 Å². The lowest BCUT2D eigenvalue weighted by molar-refractivity contribution is -0.00343. The average Bonchev–Trinajstić information content (AvgIpc) is 3.54. The molecular weight excluding hydrogens is 348 g/mol. The summed E-state index contributed by atoms with van der Waals surface area (Å²) in [4.78, 5) is 27.3. The first kappa shape index (κ1) is 16.7. The number of amides is 1. The Morgan fingerprint density at radius 2 is 1.64 bits per heavy atom. The minimum Gasteiger partial charge on any atom is -0.333 e. The third-order valence-corrected chi connectivity index (χ3v) is 7.34. The Bertz CT molecular complexity index is 871. The topological polar surface area (TPSA) is 49.3 Å². The number of piperidine rings is 3. The van der Waals surface area contributed by atoms with Crippen molar-refractivity contribution in [2.75, 3.05) is 19.6 Å². The molecule has 5 aliphatic rings. The Balaban J connectivity index is 1.33. The van der Waals surface area contributed by atoms with Crippen molar-refractivity contribution in [2.45, 2.75) is 49.6 Å². The second-order valence-corrected chi connectivity index (χ2v) is 8.93. The van der Waals surface area contributed by atoms with Gasteiger partial charge >= 0.3 is 0 Å². The number of nitrogens with zero attached hydrogens (tertiary/aromatic N) is 4. The molecule has 1 amide bonds. The molecule has 5 fully saturated rings. The Morgan fingerprint density at radius 1 is 0.929 bits per heavy atom. The molecule has 1 aromatic carbocycles. The number of rotatable bonds is 3. The van der Waals surface area contributed by atoms with Crippen LogP contribution in [0, 0.1) is 5.92 Å². The van der Waals surface area contributed by atoms with Gasteiger partial charge in [0.05, 0.1) is 11.6 Å². The molecule has 28 heavy (non-hydrogen) atoms. The maximum absolute atomic E-state index is 13.5. The van der Waals surface area contributed by atoms with Crippen molar-refractivity contribution in [1.29, 1.82) is 0 Å². The molecule has 5 heteroatoms. The van der Waals surface area contributed by atoms with Gasteiger partial charge < -0.3 is 4.90 Å². The fourth-order valence-electron chi connectivity index (χ4n) is 5.81. The van der Waals surface area contributed by atoms with Crippen molar-refractivity contribution in [2.24, 2.45) is 5.92 Å². The number of aromatic nitrogens is 2. The van der Waals surface area contributed by atoms with Crippen molar-refractivity contribution in [3.05, 3.63) is 59.7 Å². The monoisotopic (exact) mass is 374 g/mol. The molecule has 2 aromatic rings. The van der Waals surface area contributed by atoms with Gasteiger partial charge in [0.2, 0.25) is 0 Å². The van der Waals surface area contributed by atoms with Gasteiger partial charge in [-0.2, -0.15) is 0 Å². The van der Waals surface area contributed by atoms with Crippen LogP contribution in [-0.4, -0.2) is 57.4 Å². The molecule has 4 aliphatic heterocycles. The lowest BCUT2D eigenvalue weighted by atomic mass is 9.75. The highest BCUT2D eigenvalue weighted by atomic mass is 16.2. The van der Waals surface area contributed by atoms with Crippen molar-refractivity contribution < 1.29 is 4.79 Å². The van der Waals surface area contributed by atoms with Crippen LogP contribution in [0.25, 0.3) is 0 Å². The van der Waals surface area contributed by atoms with Gasteiger partial charge in [0.15, 0.2) is 0 Å². The lowest BCUT2D eigenvalue weighted by Gasteiger charge is -2.51. The van der Waals surface area contributed by atoms with Crippen LogP contribution in [0.2, 0.25) is 0 Å². The SMILES string of the molecule is O=C(c1cnc(C2CC2)nc1)N1C[C@H](c2ccccc2)[C@@H]2[C@H]1C1CCN2CC1. The Kier molecular flexibility index (Phi) is 3.80. The summed E-state index contributed by atoms with van der Waals surface area (Å²) < 4.78 is 0. The normalized spacial score (nSPS) is 33.7. The highest BCUT2D eigenvalue weighted by Gasteiger charge is 2.54. The zero-order chi connectivity index (χ0) is 18.7. The molecule has 1 aliphatic carbocycles. The summed E-state index contributed by atoms with van der Waals surface area (Å²) in [5.41, 5.74) is 2.01. The summed E-state index contributed by atoms with van der Waals surface area (Å²) in [5, 5.41) is 0. The molecule has 4 saturated heterocycles. The van der Waals surface area contributed by atoms with E-state index in [2.05, 4.69) is 50.1 Å². The van der Waals surface area contributed by atoms with E-state index in [1.807, 2.05) is 0 Å². The van der Waals surface area contributed by atoms with E-state index in [0.717, 1.165) is 12.4 Å². The number of carbonyl (C=O) groups excluding carboxylic acids is 1. The van der Waals surface area contributed by atoms with Gasteiger partial charge in [-0.1, -0.05) is 30.3 Å². The lowest BCUT2D eigenvalue weighted by Crippen LogP contribution is -2.60. The molecule has 2 bridgehead atoms. The van der Waals surface area contributed by atoms with Gasteiger partial charge in [0.25, 0.3) is 5.91 Å². The molecule has 0 radical (unpaired) electrons. The Labute approximate surface area is 165 Å². The predicted octanol–water partition coefficient (Wildman–Crippen LogP) is 3.06. The summed E-state index contributed by atoms with van der Waals surface area (Å²) >= 11 is 0. The van der Waals surface area contributed by atoms with E-state index >= 15 is 0 Å². The van der Waals surface area contributed by atoms with Crippen LogP contribution in [0.5, 0.6) is 0 Å². The minimum absolute atomic E-state index is 0.115. The third-order valence-electron chi connectivity index (χ3n) is 7.34. The maximum atomic E-state index is 13.5. The summed E-state index contributed by atoms with van der Waals surface area (Å²) in [6.07, 6.45) is 8.30. The second-order valence-electron chi connectivity index (χ2n) is 8.93. The first-order valence-electron chi connectivity index (χ1n) is 10.7. The smallest absolute Gasteiger partial charge is 0.257 e. The number of carbonyl (C=O) groups is 1. The summed E-state index contributed by atoms with van der Waals surface area (Å²) in [6.45, 7) is 3.16. The Morgan fingerprint density at radius 3 is 2.32 bits per heavy atom. The molecule has 1 saturated carbocycles. The zero-order valence-corrected chi connectivity index (χ0v) is 16.1.